The largest absolute Gasteiger partial charge is 0.478 e. The van der Waals surface area contributed by atoms with E-state index in [9.17, 15) is 4.79 Å². The summed E-state index contributed by atoms with van der Waals surface area (Å²) in [6, 6.07) is 0.797. The fourth-order valence-electron chi connectivity index (χ4n) is 2.69. The lowest BCUT2D eigenvalue weighted by Crippen LogP contribution is -2.47. The summed E-state index contributed by atoms with van der Waals surface area (Å²) in [6.07, 6.45) is 8.39. The highest BCUT2D eigenvalue weighted by Crippen LogP contribution is 2.24. The van der Waals surface area contributed by atoms with E-state index in [1.807, 2.05) is 0 Å². The molecular weight excluding hydrogens is 204 g/mol. The number of hydrogen-bond donors (Lipinski definition) is 1. The maximum Gasteiger partial charge on any atom is 0.329 e. The minimum absolute atomic E-state index is 0.797. The van der Waals surface area contributed by atoms with Gasteiger partial charge in [-0.15, -0.1) is 0 Å². The molecule has 1 saturated carbocycles. The summed E-state index contributed by atoms with van der Waals surface area (Å²) in [5.74, 6) is -0.863. The summed E-state index contributed by atoms with van der Waals surface area (Å²) >= 11 is 0. The first-order valence-corrected chi connectivity index (χ1v) is 6.15. The molecule has 1 N–H and O–H groups in total. The monoisotopic (exact) mass is 224 g/mol. The van der Waals surface area contributed by atoms with Gasteiger partial charge in [0.25, 0.3) is 0 Å². The van der Waals surface area contributed by atoms with Crippen LogP contribution in [0.4, 0.5) is 0 Å². The Hall–Kier alpha value is -1.03. The standard InChI is InChI=1S/C12H20N2O2/c15-12(16)5-6-13-7-9-14(10-8-13)11-3-1-2-4-11/h5-6,11H,1-4,7-10H2,(H,15,16). The molecule has 1 saturated heterocycles. The third-order valence-electron chi connectivity index (χ3n) is 3.62. The molecule has 2 aliphatic rings. The minimum Gasteiger partial charge on any atom is -0.478 e. The molecule has 0 unspecified atom stereocenters. The molecule has 1 aliphatic carbocycles. The first kappa shape index (κ1) is 11.5. The fourth-order valence-corrected chi connectivity index (χ4v) is 2.69. The highest BCUT2D eigenvalue weighted by molar-refractivity contribution is 5.79. The fraction of sp³-hybridized carbons (Fsp3) is 0.750. The Morgan fingerprint density at radius 1 is 1.12 bits per heavy atom. The van der Waals surface area contributed by atoms with Crippen LogP contribution >= 0.6 is 0 Å². The van der Waals surface area contributed by atoms with Crippen molar-refractivity contribution in [3.05, 3.63) is 12.3 Å². The molecule has 0 amide bonds. The molecule has 2 rings (SSSR count). The molecule has 90 valence electrons. The minimum atomic E-state index is -0.863. The van der Waals surface area contributed by atoms with Crippen LogP contribution in [0.15, 0.2) is 12.3 Å². The maximum atomic E-state index is 10.4. The number of aliphatic carboxylic acids is 1. The molecule has 0 spiro atoms. The van der Waals surface area contributed by atoms with Gasteiger partial charge in [0.05, 0.1) is 0 Å². The van der Waals surface area contributed by atoms with Gasteiger partial charge in [-0.3, -0.25) is 4.90 Å². The van der Waals surface area contributed by atoms with Gasteiger partial charge < -0.3 is 10.0 Å². The van der Waals surface area contributed by atoms with E-state index in [1.165, 1.54) is 31.8 Å². The van der Waals surface area contributed by atoms with Crippen LogP contribution in [0.3, 0.4) is 0 Å². The SMILES string of the molecule is O=C(O)C=CN1CCN(C2CCCC2)CC1. The summed E-state index contributed by atoms with van der Waals surface area (Å²) < 4.78 is 0. The van der Waals surface area contributed by atoms with Gasteiger partial charge >= 0.3 is 5.97 Å². The number of carboxylic acid groups (broad SMARTS) is 1. The molecule has 1 aliphatic heterocycles. The second-order valence-electron chi connectivity index (χ2n) is 4.66. The molecule has 1 heterocycles. The van der Waals surface area contributed by atoms with E-state index in [1.54, 1.807) is 6.20 Å². The molecule has 0 aromatic rings. The predicted octanol–water partition coefficient (Wildman–Crippen LogP) is 1.14. The number of carbonyl (C=O) groups is 1. The highest BCUT2D eigenvalue weighted by atomic mass is 16.4. The van der Waals surface area contributed by atoms with Crippen LogP contribution < -0.4 is 0 Å². The van der Waals surface area contributed by atoms with E-state index < -0.39 is 5.97 Å². The molecule has 2 fully saturated rings. The van der Waals surface area contributed by atoms with Gasteiger partial charge in [-0.05, 0) is 12.8 Å². The van der Waals surface area contributed by atoms with E-state index in [-0.39, 0.29) is 0 Å². The van der Waals surface area contributed by atoms with Gasteiger partial charge in [0.15, 0.2) is 0 Å². The summed E-state index contributed by atoms with van der Waals surface area (Å²) in [5, 5.41) is 8.54. The quantitative estimate of drug-likeness (QED) is 0.730. The number of carboxylic acids is 1. The Labute approximate surface area is 96.5 Å². The summed E-state index contributed by atoms with van der Waals surface area (Å²) in [5.41, 5.74) is 0. The maximum absolute atomic E-state index is 10.4. The van der Waals surface area contributed by atoms with Crippen LogP contribution in [0.25, 0.3) is 0 Å². The summed E-state index contributed by atoms with van der Waals surface area (Å²) in [6.45, 7) is 4.07. The van der Waals surface area contributed by atoms with Crippen molar-refractivity contribution in [1.29, 1.82) is 0 Å². The van der Waals surface area contributed by atoms with Crippen molar-refractivity contribution in [2.24, 2.45) is 0 Å². The van der Waals surface area contributed by atoms with Crippen molar-refractivity contribution < 1.29 is 9.90 Å². The van der Waals surface area contributed by atoms with Gasteiger partial charge in [-0.25, -0.2) is 4.79 Å². The summed E-state index contributed by atoms with van der Waals surface area (Å²) in [4.78, 5) is 15.1. The third-order valence-corrected chi connectivity index (χ3v) is 3.62. The molecular formula is C12H20N2O2. The van der Waals surface area contributed by atoms with Crippen LogP contribution in [-0.4, -0.2) is 53.1 Å². The normalized spacial score (nSPS) is 24.4. The van der Waals surface area contributed by atoms with Crippen molar-refractivity contribution in [1.82, 2.24) is 9.80 Å². The van der Waals surface area contributed by atoms with Crippen LogP contribution in [0.2, 0.25) is 0 Å². The van der Waals surface area contributed by atoms with E-state index >= 15 is 0 Å². The van der Waals surface area contributed by atoms with Gasteiger partial charge in [-0.2, -0.15) is 0 Å². The Bertz CT molecular complexity index is 264. The highest BCUT2D eigenvalue weighted by Gasteiger charge is 2.24. The van der Waals surface area contributed by atoms with Crippen molar-refractivity contribution in [3.8, 4) is 0 Å². The average molecular weight is 224 g/mol. The van der Waals surface area contributed by atoms with Crippen LogP contribution in [-0.2, 0) is 4.79 Å². The van der Waals surface area contributed by atoms with E-state index in [0.29, 0.717) is 0 Å². The second-order valence-corrected chi connectivity index (χ2v) is 4.66. The van der Waals surface area contributed by atoms with E-state index in [2.05, 4.69) is 9.80 Å². The van der Waals surface area contributed by atoms with Crippen molar-refractivity contribution in [3.63, 3.8) is 0 Å². The van der Waals surface area contributed by atoms with Gasteiger partial charge in [0, 0.05) is 44.5 Å². The first-order valence-electron chi connectivity index (χ1n) is 6.15. The third kappa shape index (κ3) is 2.98. The van der Waals surface area contributed by atoms with Crippen LogP contribution in [0.1, 0.15) is 25.7 Å². The second kappa shape index (κ2) is 5.34. The lowest BCUT2D eigenvalue weighted by atomic mass is 10.2. The van der Waals surface area contributed by atoms with Gasteiger partial charge in [0.2, 0.25) is 0 Å². The molecule has 4 heteroatoms. The molecule has 4 nitrogen and oxygen atoms in total. The van der Waals surface area contributed by atoms with Crippen LogP contribution in [0.5, 0.6) is 0 Å². The molecule has 0 atom stereocenters. The first-order chi connectivity index (χ1) is 7.75. The van der Waals surface area contributed by atoms with Gasteiger partial charge in [-0.1, -0.05) is 12.8 Å². The number of hydrogen-bond acceptors (Lipinski definition) is 3. The zero-order valence-electron chi connectivity index (χ0n) is 9.64. The van der Waals surface area contributed by atoms with Crippen molar-refractivity contribution >= 4 is 5.97 Å². The van der Waals surface area contributed by atoms with Crippen LogP contribution in [0, 0.1) is 0 Å². The number of piperazine rings is 1. The lowest BCUT2D eigenvalue weighted by Gasteiger charge is -2.37. The zero-order valence-corrected chi connectivity index (χ0v) is 9.64. The molecule has 0 bridgehead atoms. The summed E-state index contributed by atoms with van der Waals surface area (Å²) in [7, 11) is 0. The Morgan fingerprint density at radius 2 is 1.75 bits per heavy atom. The Morgan fingerprint density at radius 3 is 2.31 bits per heavy atom. The molecule has 16 heavy (non-hydrogen) atoms. The number of rotatable bonds is 3. The van der Waals surface area contributed by atoms with Gasteiger partial charge in [0.1, 0.15) is 0 Å². The lowest BCUT2D eigenvalue weighted by molar-refractivity contribution is -0.131. The molecule has 0 aromatic heterocycles. The Balaban J connectivity index is 1.75. The smallest absolute Gasteiger partial charge is 0.329 e. The van der Waals surface area contributed by atoms with Crippen molar-refractivity contribution in [2.75, 3.05) is 26.2 Å². The van der Waals surface area contributed by atoms with Crippen molar-refractivity contribution in [2.45, 2.75) is 31.7 Å². The topological polar surface area (TPSA) is 43.8 Å². The zero-order chi connectivity index (χ0) is 11.4. The Kier molecular flexibility index (Phi) is 3.83. The molecule has 0 radical (unpaired) electrons. The van der Waals surface area contributed by atoms with E-state index in [0.717, 1.165) is 32.2 Å². The molecule has 0 aromatic carbocycles. The predicted molar refractivity (Wildman–Crippen MR) is 62.2 cm³/mol. The number of nitrogens with zero attached hydrogens (tertiary/aromatic N) is 2. The van der Waals surface area contributed by atoms with E-state index in [4.69, 9.17) is 5.11 Å². The average Bonchev–Trinajstić information content (AvgIpc) is 2.80.